The van der Waals surface area contributed by atoms with E-state index in [4.69, 9.17) is 9.72 Å². The van der Waals surface area contributed by atoms with Crippen molar-refractivity contribution in [2.75, 3.05) is 50.6 Å². The van der Waals surface area contributed by atoms with Gasteiger partial charge in [0.2, 0.25) is 5.91 Å². The van der Waals surface area contributed by atoms with E-state index in [1.165, 1.54) is 0 Å². The van der Waals surface area contributed by atoms with Crippen molar-refractivity contribution < 1.29 is 9.53 Å². The number of ether oxygens (including phenoxy) is 1. The van der Waals surface area contributed by atoms with E-state index in [1.807, 2.05) is 43.4 Å². The number of carbonyl (C=O) groups excluding carboxylic acids is 1. The summed E-state index contributed by atoms with van der Waals surface area (Å²) in [5, 5.41) is 4.09. The smallest absolute Gasteiger partial charge is 0.225 e. The zero-order chi connectivity index (χ0) is 21.5. The lowest BCUT2D eigenvalue weighted by Crippen LogP contribution is -2.41. The first-order chi connectivity index (χ1) is 15.0. The fraction of sp³-hybridized carbons (Fsp3) is 0.375. The molecule has 2 aromatic heterocycles. The summed E-state index contributed by atoms with van der Waals surface area (Å²) in [4.78, 5) is 26.2. The number of methoxy groups -OCH3 is 1. The number of nitrogens with one attached hydrogen (secondary N) is 1. The van der Waals surface area contributed by atoms with Crippen molar-refractivity contribution >= 4 is 28.3 Å². The van der Waals surface area contributed by atoms with Gasteiger partial charge in [0.15, 0.2) is 0 Å². The van der Waals surface area contributed by atoms with Crippen molar-refractivity contribution in [3.8, 4) is 17.0 Å². The van der Waals surface area contributed by atoms with E-state index in [0.29, 0.717) is 5.92 Å². The lowest BCUT2D eigenvalue weighted by Gasteiger charge is -2.23. The minimum absolute atomic E-state index is 0.0553. The second-order valence-electron chi connectivity index (χ2n) is 8.56. The number of hydrogen-bond acceptors (Lipinski definition) is 6. The lowest BCUT2D eigenvalue weighted by molar-refractivity contribution is -0.127. The number of carbonyl (C=O) groups is 1. The van der Waals surface area contributed by atoms with Crippen molar-refractivity contribution in [3.05, 3.63) is 42.6 Å². The fourth-order valence-corrected chi connectivity index (χ4v) is 4.70. The van der Waals surface area contributed by atoms with Crippen LogP contribution in [0.1, 0.15) is 6.42 Å². The molecule has 7 nitrogen and oxygen atoms in total. The Kier molecular flexibility index (Phi) is 4.88. The third-order valence-electron chi connectivity index (χ3n) is 6.43. The van der Waals surface area contributed by atoms with E-state index in [2.05, 4.69) is 33.4 Å². The molecule has 0 saturated carbocycles. The van der Waals surface area contributed by atoms with Gasteiger partial charge in [-0.25, -0.2) is 9.97 Å². The number of nitrogens with zero attached hydrogens (tertiary/aromatic N) is 4. The Labute approximate surface area is 182 Å². The van der Waals surface area contributed by atoms with Gasteiger partial charge in [-0.1, -0.05) is 0 Å². The van der Waals surface area contributed by atoms with E-state index in [1.54, 1.807) is 7.11 Å². The lowest BCUT2D eigenvalue weighted by atomic mass is 9.89. The van der Waals surface area contributed by atoms with Crippen molar-refractivity contribution in [2.24, 2.45) is 11.8 Å². The average Bonchev–Trinajstić information content (AvgIpc) is 3.23. The molecule has 4 heterocycles. The maximum atomic E-state index is 12.4. The molecule has 0 spiro atoms. The van der Waals surface area contributed by atoms with E-state index in [0.717, 1.165) is 65.5 Å². The minimum atomic E-state index is 0.0553. The molecule has 2 fully saturated rings. The van der Waals surface area contributed by atoms with E-state index < -0.39 is 0 Å². The topological polar surface area (TPSA) is 70.6 Å². The first-order valence-corrected chi connectivity index (χ1v) is 10.7. The standard InChI is InChI=1S/C24H27N5O2/c1-28(2)23-7-4-15(12-26-23)20-11-22(18-6-5-17(31-3)10-21(18)27-20)29-13-16-8-9-25-24(30)19(16)14-29/h4-7,10-12,16,19H,8-9,13-14H2,1-3H3,(H,25,30). The summed E-state index contributed by atoms with van der Waals surface area (Å²) in [7, 11) is 5.62. The third kappa shape index (κ3) is 3.54. The van der Waals surface area contributed by atoms with Gasteiger partial charge in [-0.3, -0.25) is 4.79 Å². The van der Waals surface area contributed by atoms with Gasteiger partial charge in [0, 0.05) is 62.6 Å². The molecule has 0 aliphatic carbocycles. The fourth-order valence-electron chi connectivity index (χ4n) is 4.70. The maximum Gasteiger partial charge on any atom is 0.225 e. The van der Waals surface area contributed by atoms with Crippen LogP contribution in [0.2, 0.25) is 0 Å². The van der Waals surface area contributed by atoms with Gasteiger partial charge in [0.05, 0.1) is 24.2 Å². The minimum Gasteiger partial charge on any atom is -0.497 e. The van der Waals surface area contributed by atoms with Crippen molar-refractivity contribution in [3.63, 3.8) is 0 Å². The number of amides is 1. The molecule has 1 aromatic carbocycles. The molecule has 7 heteroatoms. The number of pyridine rings is 2. The van der Waals surface area contributed by atoms with Crippen LogP contribution in [0.4, 0.5) is 11.5 Å². The summed E-state index contributed by atoms with van der Waals surface area (Å²) < 4.78 is 5.44. The number of aromatic nitrogens is 2. The Bertz CT molecular complexity index is 1130. The number of piperidine rings is 1. The Hall–Kier alpha value is -3.35. The second-order valence-corrected chi connectivity index (χ2v) is 8.56. The van der Waals surface area contributed by atoms with Crippen LogP contribution in [-0.2, 0) is 4.79 Å². The zero-order valence-electron chi connectivity index (χ0n) is 18.1. The van der Waals surface area contributed by atoms with Gasteiger partial charge >= 0.3 is 0 Å². The third-order valence-corrected chi connectivity index (χ3v) is 6.43. The van der Waals surface area contributed by atoms with Crippen LogP contribution in [0, 0.1) is 11.8 Å². The maximum absolute atomic E-state index is 12.4. The number of rotatable bonds is 4. The molecular formula is C24H27N5O2. The second kappa shape index (κ2) is 7.72. The molecule has 3 aromatic rings. The molecule has 1 N–H and O–H groups in total. The molecule has 0 bridgehead atoms. The summed E-state index contributed by atoms with van der Waals surface area (Å²) in [5.41, 5.74) is 3.82. The number of fused-ring (bicyclic) bond motifs is 2. The quantitative estimate of drug-likeness (QED) is 0.704. The largest absolute Gasteiger partial charge is 0.497 e. The Balaban J connectivity index is 1.60. The van der Waals surface area contributed by atoms with E-state index >= 15 is 0 Å². The average molecular weight is 418 g/mol. The molecule has 2 unspecified atom stereocenters. The highest BCUT2D eigenvalue weighted by Gasteiger charge is 2.40. The molecule has 1 amide bonds. The van der Waals surface area contributed by atoms with Gasteiger partial charge < -0.3 is 19.9 Å². The molecule has 2 aliphatic rings. The molecule has 160 valence electrons. The highest BCUT2D eigenvalue weighted by atomic mass is 16.5. The monoisotopic (exact) mass is 417 g/mol. The van der Waals surface area contributed by atoms with E-state index in [-0.39, 0.29) is 11.8 Å². The van der Waals surface area contributed by atoms with Crippen LogP contribution in [0.15, 0.2) is 42.6 Å². The molecule has 31 heavy (non-hydrogen) atoms. The van der Waals surface area contributed by atoms with Gasteiger partial charge in [-0.15, -0.1) is 0 Å². The SMILES string of the molecule is COc1ccc2c(N3CC4CCNC(=O)C4C3)cc(-c3ccc(N(C)C)nc3)nc2c1. The van der Waals surface area contributed by atoms with Crippen LogP contribution in [0.3, 0.4) is 0 Å². The van der Waals surface area contributed by atoms with Crippen molar-refractivity contribution in [1.29, 1.82) is 0 Å². The number of benzene rings is 1. The van der Waals surface area contributed by atoms with Gasteiger partial charge in [-0.2, -0.15) is 0 Å². The molecule has 2 saturated heterocycles. The summed E-state index contributed by atoms with van der Waals surface area (Å²) in [6.07, 6.45) is 2.90. The summed E-state index contributed by atoms with van der Waals surface area (Å²) >= 11 is 0. The molecule has 0 radical (unpaired) electrons. The highest BCUT2D eigenvalue weighted by Crippen LogP contribution is 2.38. The predicted molar refractivity (Wildman–Crippen MR) is 123 cm³/mol. The molecular weight excluding hydrogens is 390 g/mol. The Morgan fingerprint density at radius 3 is 2.74 bits per heavy atom. The first kappa shape index (κ1) is 19.6. The summed E-state index contributed by atoms with van der Waals surface area (Å²) in [6.45, 7) is 2.40. The van der Waals surface area contributed by atoms with Gasteiger partial charge in [-0.05, 0) is 42.7 Å². The van der Waals surface area contributed by atoms with Crippen LogP contribution in [0.5, 0.6) is 5.75 Å². The Morgan fingerprint density at radius 1 is 1.16 bits per heavy atom. The van der Waals surface area contributed by atoms with Crippen LogP contribution in [-0.4, -0.2) is 56.7 Å². The first-order valence-electron chi connectivity index (χ1n) is 10.7. The van der Waals surface area contributed by atoms with E-state index in [9.17, 15) is 4.79 Å². The highest BCUT2D eigenvalue weighted by molar-refractivity contribution is 5.95. The van der Waals surface area contributed by atoms with Crippen molar-refractivity contribution in [2.45, 2.75) is 6.42 Å². The normalized spacial score (nSPS) is 20.5. The molecule has 5 rings (SSSR count). The van der Waals surface area contributed by atoms with Gasteiger partial charge in [0.25, 0.3) is 0 Å². The van der Waals surface area contributed by atoms with Crippen LogP contribution < -0.4 is 19.9 Å². The van der Waals surface area contributed by atoms with Crippen LogP contribution in [0.25, 0.3) is 22.2 Å². The van der Waals surface area contributed by atoms with Crippen LogP contribution >= 0.6 is 0 Å². The number of anilines is 2. The zero-order valence-corrected chi connectivity index (χ0v) is 18.1. The summed E-state index contributed by atoms with van der Waals surface area (Å²) in [6, 6.07) is 12.2. The molecule has 2 atom stereocenters. The Morgan fingerprint density at radius 2 is 2.03 bits per heavy atom. The van der Waals surface area contributed by atoms with Gasteiger partial charge in [0.1, 0.15) is 11.6 Å². The number of hydrogen-bond donors (Lipinski definition) is 1. The predicted octanol–water partition coefficient (Wildman–Crippen LogP) is 2.94. The van der Waals surface area contributed by atoms with Crippen molar-refractivity contribution in [1.82, 2.24) is 15.3 Å². The summed E-state index contributed by atoms with van der Waals surface area (Å²) in [5.74, 6) is 2.32. The molecule has 2 aliphatic heterocycles.